The number of likely N-dealkylation sites (tertiary alicyclic amines) is 1. The van der Waals surface area contributed by atoms with Gasteiger partial charge in [0.15, 0.2) is 5.82 Å². The number of carbonyl (C=O) groups excluding carboxylic acids is 1. The van der Waals surface area contributed by atoms with Crippen molar-refractivity contribution in [3.8, 4) is 11.3 Å². The molecule has 1 saturated heterocycles. The smallest absolute Gasteiger partial charge is 0.253 e. The zero-order valence-corrected chi connectivity index (χ0v) is 17.2. The molecule has 2 aromatic carbocycles. The van der Waals surface area contributed by atoms with Gasteiger partial charge >= 0.3 is 0 Å². The lowest BCUT2D eigenvalue weighted by atomic mass is 10.1. The Kier molecular flexibility index (Phi) is 4.17. The van der Waals surface area contributed by atoms with Crippen molar-refractivity contribution in [3.05, 3.63) is 72.2 Å². The van der Waals surface area contributed by atoms with Crippen LogP contribution in [-0.4, -0.2) is 49.0 Å². The fourth-order valence-electron chi connectivity index (χ4n) is 4.50. The summed E-state index contributed by atoms with van der Waals surface area (Å²) < 4.78 is 0. The van der Waals surface area contributed by atoms with E-state index in [0.29, 0.717) is 30.0 Å². The average Bonchev–Trinajstić information content (AvgIpc) is 3.59. The molecule has 1 aliphatic heterocycles. The molecule has 1 aliphatic rings. The van der Waals surface area contributed by atoms with Gasteiger partial charge in [-0.1, -0.05) is 24.3 Å². The van der Waals surface area contributed by atoms with E-state index in [4.69, 9.17) is 10.7 Å². The van der Waals surface area contributed by atoms with Crippen molar-refractivity contribution < 1.29 is 4.79 Å². The van der Waals surface area contributed by atoms with Crippen LogP contribution in [-0.2, 0) is 0 Å². The molecule has 0 radical (unpaired) electrons. The monoisotopic (exact) mass is 423 g/mol. The molecule has 8 nitrogen and oxygen atoms in total. The minimum atomic E-state index is 0.0572. The third-order valence-electron chi connectivity index (χ3n) is 6.15. The second kappa shape index (κ2) is 7.19. The predicted octanol–water partition coefficient (Wildman–Crippen LogP) is 3.71. The fraction of sp³-hybridized carbons (Fsp3) is 0.167. The predicted molar refractivity (Wildman–Crippen MR) is 123 cm³/mol. The van der Waals surface area contributed by atoms with E-state index in [2.05, 4.69) is 20.2 Å². The number of hydrogen-bond donors (Lipinski definition) is 3. The number of aromatic nitrogens is 5. The molecule has 0 aliphatic carbocycles. The highest BCUT2D eigenvalue weighted by Crippen LogP contribution is 2.33. The largest absolute Gasteiger partial charge is 0.382 e. The molecule has 0 bridgehead atoms. The Bertz CT molecular complexity index is 1440. The number of hydrogen-bond acceptors (Lipinski definition) is 5. The number of aromatic amines is 2. The lowest BCUT2D eigenvalue weighted by Crippen LogP contribution is -2.28. The van der Waals surface area contributed by atoms with Gasteiger partial charge < -0.3 is 15.6 Å². The molecule has 0 unspecified atom stereocenters. The number of pyridine rings is 1. The molecule has 8 heteroatoms. The first-order valence-corrected chi connectivity index (χ1v) is 10.6. The molecular formula is C24H21N7O. The number of carbonyl (C=O) groups is 1. The van der Waals surface area contributed by atoms with E-state index in [1.54, 1.807) is 6.20 Å². The van der Waals surface area contributed by atoms with Gasteiger partial charge in [0.05, 0.1) is 16.7 Å². The van der Waals surface area contributed by atoms with Crippen molar-refractivity contribution in [2.75, 3.05) is 18.8 Å². The second-order valence-corrected chi connectivity index (χ2v) is 8.14. The van der Waals surface area contributed by atoms with Gasteiger partial charge in [0.25, 0.3) is 5.91 Å². The van der Waals surface area contributed by atoms with Crippen molar-refractivity contribution >= 4 is 33.7 Å². The van der Waals surface area contributed by atoms with Crippen LogP contribution in [0.3, 0.4) is 0 Å². The summed E-state index contributed by atoms with van der Waals surface area (Å²) in [6.45, 7) is 1.33. The van der Waals surface area contributed by atoms with E-state index >= 15 is 0 Å². The summed E-state index contributed by atoms with van der Waals surface area (Å²) in [5.74, 6) is 1.43. The molecule has 32 heavy (non-hydrogen) atoms. The first-order valence-electron chi connectivity index (χ1n) is 10.6. The van der Waals surface area contributed by atoms with Crippen LogP contribution in [0.15, 0.2) is 60.8 Å². The molecule has 5 aromatic rings. The first kappa shape index (κ1) is 18.6. The van der Waals surface area contributed by atoms with Crippen LogP contribution in [0.25, 0.3) is 33.2 Å². The Morgan fingerprint density at radius 1 is 1.09 bits per heavy atom. The zero-order chi connectivity index (χ0) is 21.7. The van der Waals surface area contributed by atoms with Crippen LogP contribution in [0.2, 0.25) is 0 Å². The minimum absolute atomic E-state index is 0.0572. The number of nitrogens with two attached hydrogens (primary N) is 1. The highest BCUT2D eigenvalue weighted by atomic mass is 16.2. The number of anilines is 1. The number of benzene rings is 2. The fourth-order valence-corrected chi connectivity index (χ4v) is 4.50. The van der Waals surface area contributed by atoms with Gasteiger partial charge in [-0.25, -0.2) is 9.97 Å². The number of imidazole rings is 1. The molecule has 158 valence electrons. The SMILES string of the molecule is Nc1nc2cc(-c3cc[nH]n3)ccc2c2[nH]c([C@H]3CCN(C(=O)c4ccccc4)C3)nc12. The number of nitrogens with one attached hydrogen (secondary N) is 2. The Hall–Kier alpha value is -4.20. The third kappa shape index (κ3) is 2.99. The summed E-state index contributed by atoms with van der Waals surface area (Å²) in [7, 11) is 0. The Labute approximate surface area is 183 Å². The standard InChI is InChI=1S/C24H21N7O/c25-22-21-20(17-7-6-15(12-19(17)27-22)18-8-10-26-30-18)28-23(29-21)16-9-11-31(13-16)24(32)14-4-2-1-3-5-14/h1-8,10,12,16H,9,11,13H2,(H2,25,27)(H,26,30)(H,28,29)/t16-/m0/s1. The molecule has 0 saturated carbocycles. The van der Waals surface area contributed by atoms with Crippen LogP contribution in [0, 0.1) is 0 Å². The summed E-state index contributed by atoms with van der Waals surface area (Å²) in [4.78, 5) is 27.6. The number of nitrogen functional groups attached to an aromatic ring is 1. The van der Waals surface area contributed by atoms with Gasteiger partial charge in [-0.2, -0.15) is 5.10 Å². The Morgan fingerprint density at radius 2 is 1.97 bits per heavy atom. The molecule has 1 amide bonds. The second-order valence-electron chi connectivity index (χ2n) is 8.14. The summed E-state index contributed by atoms with van der Waals surface area (Å²) >= 11 is 0. The van der Waals surface area contributed by atoms with Crippen LogP contribution >= 0.6 is 0 Å². The van der Waals surface area contributed by atoms with Crippen molar-refractivity contribution in [2.24, 2.45) is 0 Å². The van der Waals surface area contributed by atoms with Crippen LogP contribution in [0.1, 0.15) is 28.5 Å². The van der Waals surface area contributed by atoms with E-state index in [-0.39, 0.29) is 11.8 Å². The van der Waals surface area contributed by atoms with E-state index in [9.17, 15) is 4.79 Å². The van der Waals surface area contributed by atoms with Gasteiger partial charge in [0, 0.05) is 41.7 Å². The van der Waals surface area contributed by atoms with Crippen LogP contribution in [0.5, 0.6) is 0 Å². The Morgan fingerprint density at radius 3 is 2.78 bits per heavy atom. The van der Waals surface area contributed by atoms with Gasteiger partial charge in [-0.3, -0.25) is 9.89 Å². The lowest BCUT2D eigenvalue weighted by molar-refractivity contribution is 0.0790. The number of fused-ring (bicyclic) bond motifs is 3. The van der Waals surface area contributed by atoms with Crippen molar-refractivity contribution in [3.63, 3.8) is 0 Å². The Balaban J connectivity index is 1.34. The van der Waals surface area contributed by atoms with Crippen LogP contribution in [0.4, 0.5) is 5.82 Å². The highest BCUT2D eigenvalue weighted by Gasteiger charge is 2.30. The number of nitrogens with zero attached hydrogens (tertiary/aromatic N) is 4. The third-order valence-corrected chi connectivity index (χ3v) is 6.15. The maximum Gasteiger partial charge on any atom is 0.253 e. The molecule has 0 spiro atoms. The molecule has 1 fully saturated rings. The van der Waals surface area contributed by atoms with Gasteiger partial charge in [0.1, 0.15) is 11.3 Å². The van der Waals surface area contributed by atoms with E-state index < -0.39 is 0 Å². The normalized spacial score (nSPS) is 16.2. The summed E-state index contributed by atoms with van der Waals surface area (Å²) in [5.41, 5.74) is 11.2. The maximum absolute atomic E-state index is 12.8. The summed E-state index contributed by atoms with van der Waals surface area (Å²) in [5, 5.41) is 8.04. The van der Waals surface area contributed by atoms with E-state index in [0.717, 1.165) is 39.9 Å². The van der Waals surface area contributed by atoms with Crippen molar-refractivity contribution in [1.82, 2.24) is 30.0 Å². The average molecular weight is 423 g/mol. The molecule has 1 atom stereocenters. The van der Waals surface area contributed by atoms with Crippen LogP contribution < -0.4 is 5.73 Å². The summed E-state index contributed by atoms with van der Waals surface area (Å²) in [6.07, 6.45) is 2.64. The van der Waals surface area contributed by atoms with Gasteiger partial charge in [0.2, 0.25) is 0 Å². The van der Waals surface area contributed by atoms with Crippen molar-refractivity contribution in [1.29, 1.82) is 0 Å². The lowest BCUT2D eigenvalue weighted by Gasteiger charge is -2.16. The quantitative estimate of drug-likeness (QED) is 0.409. The number of amides is 1. The zero-order valence-electron chi connectivity index (χ0n) is 17.2. The molecule has 4 heterocycles. The first-order chi connectivity index (χ1) is 15.7. The molecular weight excluding hydrogens is 402 g/mol. The highest BCUT2D eigenvalue weighted by molar-refractivity contribution is 6.07. The summed E-state index contributed by atoms with van der Waals surface area (Å²) in [6, 6.07) is 17.3. The maximum atomic E-state index is 12.8. The van der Waals surface area contributed by atoms with E-state index in [1.165, 1.54) is 0 Å². The van der Waals surface area contributed by atoms with Gasteiger partial charge in [-0.05, 0) is 36.8 Å². The van der Waals surface area contributed by atoms with Gasteiger partial charge in [-0.15, -0.1) is 0 Å². The number of H-pyrrole nitrogens is 2. The molecule has 3 aromatic heterocycles. The topological polar surface area (TPSA) is 117 Å². The van der Waals surface area contributed by atoms with Crippen molar-refractivity contribution in [2.45, 2.75) is 12.3 Å². The van der Waals surface area contributed by atoms with E-state index in [1.807, 2.05) is 59.5 Å². The number of rotatable bonds is 3. The minimum Gasteiger partial charge on any atom is -0.382 e. The molecule has 6 rings (SSSR count). The molecule has 4 N–H and O–H groups in total.